The van der Waals surface area contributed by atoms with Gasteiger partial charge in [0.05, 0.1) is 0 Å². The summed E-state index contributed by atoms with van der Waals surface area (Å²) in [6, 6.07) is 11.6. The second kappa shape index (κ2) is 9.97. The van der Waals surface area contributed by atoms with Gasteiger partial charge in [-0.1, -0.05) is 43.7 Å². The lowest BCUT2D eigenvalue weighted by Gasteiger charge is -2.30. The Labute approximate surface area is 130 Å². The maximum absolute atomic E-state index is 3.68. The molecule has 1 aliphatic rings. The Morgan fingerprint density at radius 3 is 2.67 bits per heavy atom. The van der Waals surface area contributed by atoms with Gasteiger partial charge in [-0.15, -0.1) is 0 Å². The molecule has 0 amide bonds. The van der Waals surface area contributed by atoms with E-state index in [9.17, 15) is 0 Å². The van der Waals surface area contributed by atoms with Crippen LogP contribution in [0.2, 0.25) is 0 Å². The monoisotopic (exact) mass is 288 g/mol. The van der Waals surface area contributed by atoms with E-state index in [0.29, 0.717) is 0 Å². The fourth-order valence-corrected chi connectivity index (χ4v) is 3.31. The van der Waals surface area contributed by atoms with Crippen LogP contribution in [-0.4, -0.2) is 37.1 Å². The second-order valence-electron chi connectivity index (χ2n) is 6.39. The lowest BCUT2D eigenvalue weighted by Crippen LogP contribution is -2.44. The molecule has 0 aliphatic carbocycles. The minimum atomic E-state index is 0.736. The standard InChI is InChI=1S/C19H32N2/c1-2-15-21(17-19-13-6-8-14-20-19)16-9-7-12-18-10-4-3-5-11-18/h3-5,10-11,19-20H,2,6-9,12-17H2,1H3. The van der Waals surface area contributed by atoms with Crippen LogP contribution in [0.25, 0.3) is 0 Å². The van der Waals surface area contributed by atoms with E-state index in [2.05, 4.69) is 47.5 Å². The van der Waals surface area contributed by atoms with Gasteiger partial charge in [0.1, 0.15) is 0 Å². The number of piperidine rings is 1. The van der Waals surface area contributed by atoms with E-state index in [1.165, 1.54) is 76.7 Å². The average molecular weight is 288 g/mol. The molecule has 1 fully saturated rings. The van der Waals surface area contributed by atoms with Gasteiger partial charge in [-0.05, 0) is 63.7 Å². The largest absolute Gasteiger partial charge is 0.313 e. The summed E-state index contributed by atoms with van der Waals surface area (Å²) in [5, 5.41) is 3.68. The summed E-state index contributed by atoms with van der Waals surface area (Å²) in [5.41, 5.74) is 1.48. The first-order chi connectivity index (χ1) is 10.4. The fraction of sp³-hybridized carbons (Fsp3) is 0.684. The van der Waals surface area contributed by atoms with Crippen LogP contribution in [0, 0.1) is 0 Å². The lowest BCUT2D eigenvalue weighted by molar-refractivity contribution is 0.221. The molecule has 2 nitrogen and oxygen atoms in total. The van der Waals surface area contributed by atoms with Crippen molar-refractivity contribution < 1.29 is 0 Å². The number of hydrogen-bond donors (Lipinski definition) is 1. The lowest BCUT2D eigenvalue weighted by atomic mass is 10.0. The molecule has 118 valence electrons. The first kappa shape index (κ1) is 16.5. The van der Waals surface area contributed by atoms with E-state index in [1.54, 1.807) is 0 Å². The minimum Gasteiger partial charge on any atom is -0.313 e. The van der Waals surface area contributed by atoms with E-state index in [1.807, 2.05) is 0 Å². The maximum Gasteiger partial charge on any atom is 0.0195 e. The van der Waals surface area contributed by atoms with Crippen molar-refractivity contribution in [1.82, 2.24) is 10.2 Å². The third-order valence-corrected chi connectivity index (χ3v) is 4.46. The van der Waals surface area contributed by atoms with Crippen molar-refractivity contribution in [2.75, 3.05) is 26.2 Å². The molecule has 2 heteroatoms. The summed E-state index contributed by atoms with van der Waals surface area (Å²) in [6.07, 6.45) is 9.26. The second-order valence-corrected chi connectivity index (χ2v) is 6.39. The number of benzene rings is 1. The number of nitrogens with one attached hydrogen (secondary N) is 1. The van der Waals surface area contributed by atoms with E-state index in [-0.39, 0.29) is 0 Å². The molecule has 1 unspecified atom stereocenters. The molecule has 0 radical (unpaired) electrons. The molecule has 1 aliphatic heterocycles. The molecule has 1 heterocycles. The van der Waals surface area contributed by atoms with Crippen LogP contribution >= 0.6 is 0 Å². The predicted octanol–water partition coefficient (Wildman–Crippen LogP) is 3.86. The van der Waals surface area contributed by atoms with Gasteiger partial charge >= 0.3 is 0 Å². The van der Waals surface area contributed by atoms with E-state index in [0.717, 1.165) is 6.04 Å². The number of hydrogen-bond acceptors (Lipinski definition) is 2. The minimum absolute atomic E-state index is 0.736. The third kappa shape index (κ3) is 6.62. The maximum atomic E-state index is 3.68. The Bertz CT molecular complexity index is 357. The van der Waals surface area contributed by atoms with Crippen molar-refractivity contribution >= 4 is 0 Å². The highest BCUT2D eigenvalue weighted by atomic mass is 15.1. The molecule has 0 spiro atoms. The smallest absolute Gasteiger partial charge is 0.0195 e. The molecule has 1 aromatic carbocycles. The van der Waals surface area contributed by atoms with Gasteiger partial charge in [0.2, 0.25) is 0 Å². The van der Waals surface area contributed by atoms with Crippen LogP contribution in [0.15, 0.2) is 30.3 Å². The average Bonchev–Trinajstić information content (AvgIpc) is 2.54. The summed E-state index contributed by atoms with van der Waals surface area (Å²) in [4.78, 5) is 2.67. The zero-order chi connectivity index (χ0) is 14.8. The van der Waals surface area contributed by atoms with E-state index in [4.69, 9.17) is 0 Å². The number of unbranched alkanes of at least 4 members (excludes halogenated alkanes) is 1. The SMILES string of the molecule is CCCN(CCCCc1ccccc1)CC1CCCCN1. The van der Waals surface area contributed by atoms with E-state index >= 15 is 0 Å². The van der Waals surface area contributed by atoms with Crippen LogP contribution in [0.4, 0.5) is 0 Å². The predicted molar refractivity (Wildman–Crippen MR) is 91.8 cm³/mol. The topological polar surface area (TPSA) is 15.3 Å². The zero-order valence-corrected chi connectivity index (χ0v) is 13.7. The van der Waals surface area contributed by atoms with Crippen molar-refractivity contribution in [3.05, 3.63) is 35.9 Å². The van der Waals surface area contributed by atoms with Crippen molar-refractivity contribution in [2.24, 2.45) is 0 Å². The van der Waals surface area contributed by atoms with Crippen LogP contribution in [0.3, 0.4) is 0 Å². The molecular weight excluding hydrogens is 256 g/mol. The highest BCUT2D eigenvalue weighted by Crippen LogP contribution is 2.10. The molecule has 2 rings (SSSR count). The molecular formula is C19H32N2. The van der Waals surface area contributed by atoms with Crippen molar-refractivity contribution in [2.45, 2.75) is 57.9 Å². The van der Waals surface area contributed by atoms with Gasteiger partial charge in [-0.3, -0.25) is 0 Å². The van der Waals surface area contributed by atoms with E-state index < -0.39 is 0 Å². The number of aryl methyl sites for hydroxylation is 1. The van der Waals surface area contributed by atoms with Crippen LogP contribution in [0.5, 0.6) is 0 Å². The molecule has 1 atom stereocenters. The van der Waals surface area contributed by atoms with Gasteiger partial charge in [-0.25, -0.2) is 0 Å². The van der Waals surface area contributed by atoms with Gasteiger partial charge in [0, 0.05) is 12.6 Å². The Kier molecular flexibility index (Phi) is 7.83. The summed E-state index contributed by atoms with van der Waals surface area (Å²) < 4.78 is 0. The Morgan fingerprint density at radius 2 is 1.95 bits per heavy atom. The fourth-order valence-electron chi connectivity index (χ4n) is 3.31. The van der Waals surface area contributed by atoms with Crippen LogP contribution < -0.4 is 5.32 Å². The Balaban J connectivity index is 1.64. The summed E-state index contributed by atoms with van der Waals surface area (Å²) in [5.74, 6) is 0. The van der Waals surface area contributed by atoms with Gasteiger partial charge in [0.15, 0.2) is 0 Å². The summed E-state index contributed by atoms with van der Waals surface area (Å²) in [7, 11) is 0. The molecule has 0 aromatic heterocycles. The Morgan fingerprint density at radius 1 is 1.10 bits per heavy atom. The van der Waals surface area contributed by atoms with Gasteiger partial charge < -0.3 is 10.2 Å². The first-order valence-corrected chi connectivity index (χ1v) is 8.88. The van der Waals surface area contributed by atoms with Crippen molar-refractivity contribution in [3.8, 4) is 0 Å². The summed E-state index contributed by atoms with van der Waals surface area (Å²) in [6.45, 7) is 7.28. The quantitative estimate of drug-likeness (QED) is 0.694. The van der Waals surface area contributed by atoms with Gasteiger partial charge in [0.25, 0.3) is 0 Å². The highest BCUT2D eigenvalue weighted by molar-refractivity contribution is 5.14. The van der Waals surface area contributed by atoms with Crippen molar-refractivity contribution in [3.63, 3.8) is 0 Å². The van der Waals surface area contributed by atoms with Gasteiger partial charge in [-0.2, -0.15) is 0 Å². The molecule has 1 saturated heterocycles. The molecule has 1 aromatic rings. The Hall–Kier alpha value is -0.860. The number of nitrogens with zero attached hydrogens (tertiary/aromatic N) is 1. The van der Waals surface area contributed by atoms with Crippen LogP contribution in [-0.2, 0) is 6.42 Å². The molecule has 1 N–H and O–H groups in total. The molecule has 21 heavy (non-hydrogen) atoms. The van der Waals surface area contributed by atoms with Crippen LogP contribution in [0.1, 0.15) is 51.0 Å². The highest BCUT2D eigenvalue weighted by Gasteiger charge is 2.15. The van der Waals surface area contributed by atoms with Crippen molar-refractivity contribution in [1.29, 1.82) is 0 Å². The molecule has 0 bridgehead atoms. The third-order valence-electron chi connectivity index (χ3n) is 4.46. The first-order valence-electron chi connectivity index (χ1n) is 8.88. The molecule has 0 saturated carbocycles. The normalized spacial score (nSPS) is 19.0. The zero-order valence-electron chi connectivity index (χ0n) is 13.7. The number of rotatable bonds is 9. The summed E-state index contributed by atoms with van der Waals surface area (Å²) >= 11 is 0.